The molecule has 1 saturated heterocycles. The van der Waals surface area contributed by atoms with Gasteiger partial charge in [0.15, 0.2) is 0 Å². The lowest BCUT2D eigenvalue weighted by Gasteiger charge is -2.31. The Balaban J connectivity index is 1.39. The van der Waals surface area contributed by atoms with Gasteiger partial charge >= 0.3 is 0 Å². The smallest absolute Gasteiger partial charge is 0.223 e. The van der Waals surface area contributed by atoms with Crippen molar-refractivity contribution in [2.45, 2.75) is 50.5 Å². The largest absolute Gasteiger partial charge is 0.374 e. The minimum absolute atomic E-state index is 0.0668. The standard InChI is InChI=1S/C20H24N4O3/c25-19(4-1-16-11-22-14-23-12-16)24-9-10-26-18-3-2-17(24)20(18)27-13-15-5-7-21-8-6-15/h5-8,11-12,14,17-18,20H,1-4,9-10,13H2/t17-,18-,20+/m0/s1. The van der Waals surface area contributed by atoms with Gasteiger partial charge in [-0.05, 0) is 42.5 Å². The molecule has 0 N–H and O–H groups in total. The van der Waals surface area contributed by atoms with E-state index in [2.05, 4.69) is 15.0 Å². The summed E-state index contributed by atoms with van der Waals surface area (Å²) in [5, 5.41) is 0. The van der Waals surface area contributed by atoms with E-state index < -0.39 is 0 Å². The Bertz CT molecular complexity index is 743. The number of aryl methyl sites for hydroxylation is 1. The van der Waals surface area contributed by atoms with Crippen LogP contribution >= 0.6 is 0 Å². The maximum atomic E-state index is 12.9. The Labute approximate surface area is 158 Å². The van der Waals surface area contributed by atoms with Crippen molar-refractivity contribution < 1.29 is 14.3 Å². The highest BCUT2D eigenvalue weighted by atomic mass is 16.5. The minimum atomic E-state index is -0.0790. The average Bonchev–Trinajstić information content (AvgIpc) is 3.01. The first kappa shape index (κ1) is 18.0. The molecule has 142 valence electrons. The van der Waals surface area contributed by atoms with Gasteiger partial charge in [-0.3, -0.25) is 9.78 Å². The summed E-state index contributed by atoms with van der Waals surface area (Å²) in [6.45, 7) is 1.70. The van der Waals surface area contributed by atoms with Crippen molar-refractivity contribution in [2.24, 2.45) is 0 Å². The summed E-state index contributed by atoms with van der Waals surface area (Å²) in [7, 11) is 0. The van der Waals surface area contributed by atoms with Crippen LogP contribution in [0.4, 0.5) is 0 Å². The number of nitrogens with zero attached hydrogens (tertiary/aromatic N) is 4. The molecule has 1 amide bonds. The molecule has 0 spiro atoms. The fraction of sp³-hybridized carbons (Fsp3) is 0.500. The zero-order chi connectivity index (χ0) is 18.5. The number of rotatable bonds is 6. The predicted octanol–water partition coefficient (Wildman–Crippen LogP) is 1.78. The third kappa shape index (κ3) is 4.31. The van der Waals surface area contributed by atoms with Gasteiger partial charge in [-0.25, -0.2) is 9.97 Å². The first-order chi connectivity index (χ1) is 13.3. The number of ether oxygens (including phenoxy) is 2. The van der Waals surface area contributed by atoms with Crippen LogP contribution in [0.2, 0.25) is 0 Å². The number of carbonyl (C=O) groups excluding carboxylic acids is 1. The van der Waals surface area contributed by atoms with Gasteiger partial charge < -0.3 is 14.4 Å². The van der Waals surface area contributed by atoms with E-state index in [0.717, 1.165) is 24.0 Å². The van der Waals surface area contributed by atoms with Gasteiger partial charge in [0.25, 0.3) is 0 Å². The van der Waals surface area contributed by atoms with Crippen molar-refractivity contribution in [1.82, 2.24) is 19.9 Å². The van der Waals surface area contributed by atoms with Crippen molar-refractivity contribution in [3.05, 3.63) is 54.4 Å². The van der Waals surface area contributed by atoms with Crippen molar-refractivity contribution in [3.63, 3.8) is 0 Å². The van der Waals surface area contributed by atoms with E-state index in [4.69, 9.17) is 9.47 Å². The van der Waals surface area contributed by atoms with Gasteiger partial charge in [0, 0.05) is 37.8 Å². The monoisotopic (exact) mass is 368 g/mol. The number of aromatic nitrogens is 3. The summed E-state index contributed by atoms with van der Waals surface area (Å²) >= 11 is 0. The summed E-state index contributed by atoms with van der Waals surface area (Å²) in [6.07, 6.45) is 11.5. The Morgan fingerprint density at radius 3 is 2.78 bits per heavy atom. The first-order valence-electron chi connectivity index (χ1n) is 9.47. The molecule has 2 aromatic rings. The quantitative estimate of drug-likeness (QED) is 0.773. The van der Waals surface area contributed by atoms with Crippen molar-refractivity contribution in [3.8, 4) is 0 Å². The number of amides is 1. The van der Waals surface area contributed by atoms with Crippen LogP contribution in [-0.4, -0.2) is 57.2 Å². The van der Waals surface area contributed by atoms with Crippen LogP contribution in [0.1, 0.15) is 30.4 Å². The molecule has 27 heavy (non-hydrogen) atoms. The summed E-state index contributed by atoms with van der Waals surface area (Å²) < 4.78 is 12.2. The Hall–Kier alpha value is -2.38. The van der Waals surface area contributed by atoms with E-state index in [1.165, 1.54) is 6.33 Å². The van der Waals surface area contributed by atoms with Crippen molar-refractivity contribution in [1.29, 1.82) is 0 Å². The van der Waals surface area contributed by atoms with Gasteiger partial charge in [-0.1, -0.05) is 0 Å². The number of hydrogen-bond acceptors (Lipinski definition) is 6. The van der Waals surface area contributed by atoms with Gasteiger partial charge in [0.2, 0.25) is 5.91 Å². The second kappa shape index (κ2) is 8.54. The molecule has 2 aliphatic rings. The maximum Gasteiger partial charge on any atom is 0.223 e. The van der Waals surface area contributed by atoms with Crippen LogP contribution in [0.5, 0.6) is 0 Å². The Kier molecular flexibility index (Phi) is 5.69. The van der Waals surface area contributed by atoms with E-state index in [-0.39, 0.29) is 24.2 Å². The molecule has 2 bridgehead atoms. The van der Waals surface area contributed by atoms with E-state index in [1.54, 1.807) is 24.8 Å². The first-order valence-corrected chi connectivity index (χ1v) is 9.47. The molecule has 0 aromatic carbocycles. The molecular weight excluding hydrogens is 344 g/mol. The maximum absolute atomic E-state index is 12.9. The van der Waals surface area contributed by atoms with Gasteiger partial charge in [-0.15, -0.1) is 0 Å². The van der Waals surface area contributed by atoms with Gasteiger partial charge in [-0.2, -0.15) is 0 Å². The number of carbonyl (C=O) groups is 1. The molecule has 1 saturated carbocycles. The molecular formula is C20H24N4O3. The van der Waals surface area contributed by atoms with Crippen molar-refractivity contribution >= 4 is 5.91 Å². The lowest BCUT2D eigenvalue weighted by molar-refractivity contribution is -0.136. The SMILES string of the molecule is O=C(CCc1cncnc1)N1CCO[C@H]2CC[C@H]1[C@H]2OCc1ccncc1. The zero-order valence-corrected chi connectivity index (χ0v) is 15.2. The summed E-state index contributed by atoms with van der Waals surface area (Å²) in [5.74, 6) is 0.146. The van der Waals surface area contributed by atoms with Crippen LogP contribution < -0.4 is 0 Å². The molecule has 4 rings (SSSR count). The fourth-order valence-corrected chi connectivity index (χ4v) is 3.94. The highest BCUT2D eigenvalue weighted by molar-refractivity contribution is 5.77. The van der Waals surface area contributed by atoms with Crippen LogP contribution in [-0.2, 0) is 27.3 Å². The molecule has 7 heteroatoms. The highest BCUT2D eigenvalue weighted by Gasteiger charge is 2.44. The van der Waals surface area contributed by atoms with Crippen molar-refractivity contribution in [2.75, 3.05) is 13.2 Å². The molecule has 2 aromatic heterocycles. The number of hydrogen-bond donors (Lipinski definition) is 0. The molecule has 0 unspecified atom stereocenters. The topological polar surface area (TPSA) is 77.4 Å². The third-order valence-corrected chi connectivity index (χ3v) is 5.31. The normalized spacial score (nSPS) is 24.6. The second-order valence-corrected chi connectivity index (χ2v) is 7.02. The van der Waals surface area contributed by atoms with E-state index in [9.17, 15) is 4.79 Å². The van der Waals surface area contributed by atoms with Gasteiger partial charge in [0.1, 0.15) is 12.4 Å². The lowest BCUT2D eigenvalue weighted by atomic mass is 10.1. The van der Waals surface area contributed by atoms with Crippen LogP contribution in [0.25, 0.3) is 0 Å². The number of pyridine rings is 1. The Morgan fingerprint density at radius 2 is 1.96 bits per heavy atom. The highest BCUT2D eigenvalue weighted by Crippen LogP contribution is 2.33. The molecule has 3 atom stereocenters. The Morgan fingerprint density at radius 1 is 1.15 bits per heavy atom. The van der Waals surface area contributed by atoms with E-state index in [0.29, 0.717) is 32.6 Å². The lowest BCUT2D eigenvalue weighted by Crippen LogP contribution is -2.46. The fourth-order valence-electron chi connectivity index (χ4n) is 3.94. The minimum Gasteiger partial charge on any atom is -0.374 e. The average molecular weight is 368 g/mol. The van der Waals surface area contributed by atoms with Gasteiger partial charge in [0.05, 0.1) is 25.4 Å². The van der Waals surface area contributed by atoms with Crippen LogP contribution in [0.3, 0.4) is 0 Å². The van der Waals surface area contributed by atoms with Crippen LogP contribution in [0, 0.1) is 0 Å². The zero-order valence-electron chi connectivity index (χ0n) is 15.2. The molecule has 1 aliphatic heterocycles. The number of fused-ring (bicyclic) bond motifs is 2. The second-order valence-electron chi connectivity index (χ2n) is 7.02. The molecule has 2 fully saturated rings. The van der Waals surface area contributed by atoms with E-state index >= 15 is 0 Å². The molecule has 7 nitrogen and oxygen atoms in total. The summed E-state index contributed by atoms with van der Waals surface area (Å²) in [5.41, 5.74) is 2.06. The third-order valence-electron chi connectivity index (χ3n) is 5.31. The molecule has 1 aliphatic carbocycles. The predicted molar refractivity (Wildman–Crippen MR) is 97.6 cm³/mol. The summed E-state index contributed by atoms with van der Waals surface area (Å²) in [6, 6.07) is 3.98. The van der Waals surface area contributed by atoms with E-state index in [1.807, 2.05) is 17.0 Å². The molecule has 0 radical (unpaired) electrons. The summed E-state index contributed by atoms with van der Waals surface area (Å²) in [4.78, 5) is 26.9. The van der Waals surface area contributed by atoms with Crippen LogP contribution in [0.15, 0.2) is 43.2 Å². The molecule has 3 heterocycles.